The first kappa shape index (κ1) is 24.4. The maximum atomic E-state index is 13.1. The standard InChI is InChI=1S/C23H35N5O3S/c1-5-26(6-2)12-9-11-24-21(30)20-17(4)19-22(32-20)25-15-27(23(19)31)14-18(29)28-13-8-7-10-16(28)3/h15-16H,5-14H2,1-4H3,(H,24,30)/t16-/m0/s1. The Kier molecular flexibility index (Phi) is 8.42. The molecular formula is C23H35N5O3S. The van der Waals surface area contributed by atoms with Gasteiger partial charge in [0.05, 0.1) is 16.6 Å². The van der Waals surface area contributed by atoms with Crippen LogP contribution in [0, 0.1) is 6.92 Å². The predicted octanol–water partition coefficient (Wildman–Crippen LogP) is 2.63. The number of fused-ring (bicyclic) bond motifs is 1. The Morgan fingerprint density at radius 3 is 2.72 bits per heavy atom. The number of carbonyl (C=O) groups is 2. The lowest BCUT2D eigenvalue weighted by Crippen LogP contribution is -2.44. The number of carbonyl (C=O) groups excluding carboxylic acids is 2. The van der Waals surface area contributed by atoms with Crippen molar-refractivity contribution in [3.63, 3.8) is 0 Å². The summed E-state index contributed by atoms with van der Waals surface area (Å²) in [4.78, 5) is 48.2. The van der Waals surface area contributed by atoms with Crippen LogP contribution in [0.3, 0.4) is 0 Å². The molecule has 0 spiro atoms. The molecule has 2 amide bonds. The van der Waals surface area contributed by atoms with Crippen LogP contribution in [0.4, 0.5) is 0 Å². The molecule has 9 heteroatoms. The van der Waals surface area contributed by atoms with E-state index in [1.165, 1.54) is 22.2 Å². The molecule has 3 rings (SSSR count). The number of aromatic nitrogens is 2. The lowest BCUT2D eigenvalue weighted by Gasteiger charge is -2.33. The van der Waals surface area contributed by atoms with Gasteiger partial charge in [0, 0.05) is 19.1 Å². The predicted molar refractivity (Wildman–Crippen MR) is 128 cm³/mol. The van der Waals surface area contributed by atoms with Crippen LogP contribution in [0.2, 0.25) is 0 Å². The van der Waals surface area contributed by atoms with Crippen LogP contribution < -0.4 is 10.9 Å². The average molecular weight is 462 g/mol. The lowest BCUT2D eigenvalue weighted by atomic mass is 10.0. The molecule has 1 fully saturated rings. The van der Waals surface area contributed by atoms with Crippen molar-refractivity contribution in [3.05, 3.63) is 27.1 Å². The number of rotatable bonds is 9. The van der Waals surface area contributed by atoms with Gasteiger partial charge in [-0.05, 0) is 64.7 Å². The topological polar surface area (TPSA) is 87.5 Å². The molecule has 0 bridgehead atoms. The van der Waals surface area contributed by atoms with Crippen LogP contribution in [-0.2, 0) is 11.3 Å². The SMILES string of the molecule is CCN(CC)CCCNC(=O)c1sc2ncn(CC(=O)N3CCCC[C@@H]3C)c(=O)c2c1C. The fourth-order valence-electron chi connectivity index (χ4n) is 4.32. The summed E-state index contributed by atoms with van der Waals surface area (Å²) in [5, 5.41) is 3.40. The van der Waals surface area contributed by atoms with Crippen molar-refractivity contribution in [3.8, 4) is 0 Å². The number of thiophene rings is 1. The number of amides is 2. The van der Waals surface area contributed by atoms with Gasteiger partial charge >= 0.3 is 0 Å². The highest BCUT2D eigenvalue weighted by Crippen LogP contribution is 2.26. The smallest absolute Gasteiger partial charge is 0.262 e. The molecule has 1 atom stereocenters. The van der Waals surface area contributed by atoms with Crippen molar-refractivity contribution in [2.45, 2.75) is 66.0 Å². The van der Waals surface area contributed by atoms with E-state index >= 15 is 0 Å². The van der Waals surface area contributed by atoms with Gasteiger partial charge in [-0.2, -0.15) is 0 Å². The summed E-state index contributed by atoms with van der Waals surface area (Å²) < 4.78 is 1.37. The average Bonchev–Trinajstić information content (AvgIpc) is 3.13. The Hall–Kier alpha value is -2.26. The van der Waals surface area contributed by atoms with E-state index in [-0.39, 0.29) is 30.0 Å². The summed E-state index contributed by atoms with van der Waals surface area (Å²) >= 11 is 1.23. The summed E-state index contributed by atoms with van der Waals surface area (Å²) in [5.74, 6) is -0.228. The third kappa shape index (κ3) is 5.38. The van der Waals surface area contributed by atoms with Gasteiger partial charge < -0.3 is 15.1 Å². The molecule has 3 heterocycles. The molecule has 0 aliphatic carbocycles. The second-order valence-corrected chi connectivity index (χ2v) is 9.48. The Balaban J connectivity index is 1.71. The van der Waals surface area contributed by atoms with E-state index in [0.29, 0.717) is 27.2 Å². The molecule has 2 aromatic rings. The summed E-state index contributed by atoms with van der Waals surface area (Å²) in [6.45, 7) is 12.3. The van der Waals surface area contributed by atoms with E-state index in [4.69, 9.17) is 0 Å². The van der Waals surface area contributed by atoms with Gasteiger partial charge in [0.25, 0.3) is 11.5 Å². The number of aryl methyl sites for hydroxylation is 1. The summed E-state index contributed by atoms with van der Waals surface area (Å²) in [6.07, 6.45) is 5.43. The second-order valence-electron chi connectivity index (χ2n) is 8.48. The van der Waals surface area contributed by atoms with Gasteiger partial charge in [-0.3, -0.25) is 19.0 Å². The molecule has 0 saturated carbocycles. The summed E-state index contributed by atoms with van der Waals surface area (Å²) in [5.41, 5.74) is 0.374. The number of nitrogens with one attached hydrogen (secondary N) is 1. The van der Waals surface area contributed by atoms with Gasteiger partial charge in [0.15, 0.2) is 0 Å². The van der Waals surface area contributed by atoms with Gasteiger partial charge in [0.2, 0.25) is 5.91 Å². The first-order valence-corrected chi connectivity index (χ1v) is 12.5. The van der Waals surface area contributed by atoms with Crippen molar-refractivity contribution in [1.82, 2.24) is 24.7 Å². The number of likely N-dealkylation sites (tertiary alicyclic amines) is 1. The molecule has 1 aliphatic heterocycles. The van der Waals surface area contributed by atoms with Crippen LogP contribution in [-0.4, -0.2) is 69.9 Å². The van der Waals surface area contributed by atoms with Crippen LogP contribution in [0.15, 0.2) is 11.1 Å². The highest BCUT2D eigenvalue weighted by atomic mass is 32.1. The van der Waals surface area contributed by atoms with Crippen molar-refractivity contribution < 1.29 is 9.59 Å². The van der Waals surface area contributed by atoms with E-state index in [2.05, 4.69) is 36.0 Å². The van der Waals surface area contributed by atoms with Gasteiger partial charge in [0.1, 0.15) is 11.4 Å². The zero-order chi connectivity index (χ0) is 23.3. The summed E-state index contributed by atoms with van der Waals surface area (Å²) in [7, 11) is 0. The maximum Gasteiger partial charge on any atom is 0.262 e. The van der Waals surface area contributed by atoms with Crippen molar-refractivity contribution in [2.75, 3.05) is 32.7 Å². The molecule has 1 aliphatic rings. The fourth-order valence-corrected chi connectivity index (χ4v) is 5.37. The third-order valence-corrected chi connectivity index (χ3v) is 7.58. The molecule has 8 nitrogen and oxygen atoms in total. The van der Waals surface area contributed by atoms with E-state index in [0.717, 1.165) is 51.9 Å². The molecule has 0 radical (unpaired) electrons. The third-order valence-electron chi connectivity index (χ3n) is 6.38. The Morgan fingerprint density at radius 2 is 2.03 bits per heavy atom. The Morgan fingerprint density at radius 1 is 1.28 bits per heavy atom. The first-order chi connectivity index (χ1) is 15.4. The zero-order valence-corrected chi connectivity index (χ0v) is 20.5. The Labute approximate surface area is 193 Å². The van der Waals surface area contributed by atoms with E-state index < -0.39 is 0 Å². The molecule has 0 unspecified atom stereocenters. The number of nitrogens with zero attached hydrogens (tertiary/aromatic N) is 4. The molecule has 0 aromatic carbocycles. The van der Waals surface area contributed by atoms with Crippen molar-refractivity contribution in [2.24, 2.45) is 0 Å². The molecule has 32 heavy (non-hydrogen) atoms. The largest absolute Gasteiger partial charge is 0.351 e. The first-order valence-electron chi connectivity index (χ1n) is 11.7. The number of hydrogen-bond acceptors (Lipinski definition) is 6. The van der Waals surface area contributed by atoms with E-state index in [1.807, 2.05) is 4.90 Å². The summed E-state index contributed by atoms with van der Waals surface area (Å²) in [6, 6.07) is 0.198. The van der Waals surface area contributed by atoms with Crippen LogP contribution in [0.5, 0.6) is 0 Å². The lowest BCUT2D eigenvalue weighted by molar-refractivity contribution is -0.135. The van der Waals surface area contributed by atoms with Crippen LogP contribution in [0.1, 0.15) is 61.7 Å². The number of hydrogen-bond donors (Lipinski definition) is 1. The van der Waals surface area contributed by atoms with Crippen molar-refractivity contribution >= 4 is 33.4 Å². The normalized spacial score (nSPS) is 16.7. The highest BCUT2D eigenvalue weighted by Gasteiger charge is 2.25. The van der Waals surface area contributed by atoms with Crippen LogP contribution in [0.25, 0.3) is 10.2 Å². The van der Waals surface area contributed by atoms with E-state index in [9.17, 15) is 14.4 Å². The molecule has 2 aromatic heterocycles. The fraction of sp³-hybridized carbons (Fsp3) is 0.652. The molecular weight excluding hydrogens is 426 g/mol. The minimum absolute atomic E-state index is 0.0196. The zero-order valence-electron chi connectivity index (χ0n) is 19.6. The molecule has 1 saturated heterocycles. The monoisotopic (exact) mass is 461 g/mol. The number of piperidine rings is 1. The highest BCUT2D eigenvalue weighted by molar-refractivity contribution is 7.20. The minimum atomic E-state index is -0.262. The van der Waals surface area contributed by atoms with Gasteiger partial charge in [-0.1, -0.05) is 13.8 Å². The Bertz CT molecular complexity index is 1010. The van der Waals surface area contributed by atoms with Crippen molar-refractivity contribution in [1.29, 1.82) is 0 Å². The quantitative estimate of drug-likeness (QED) is 0.580. The minimum Gasteiger partial charge on any atom is -0.351 e. The van der Waals surface area contributed by atoms with Crippen LogP contribution >= 0.6 is 11.3 Å². The molecule has 176 valence electrons. The van der Waals surface area contributed by atoms with E-state index in [1.54, 1.807) is 6.92 Å². The second kappa shape index (κ2) is 11.0. The van der Waals surface area contributed by atoms with Gasteiger partial charge in [-0.15, -0.1) is 11.3 Å². The van der Waals surface area contributed by atoms with Gasteiger partial charge in [-0.25, -0.2) is 4.98 Å². The maximum absolute atomic E-state index is 13.1. The molecule has 1 N–H and O–H groups in total.